The van der Waals surface area contributed by atoms with Gasteiger partial charge in [-0.05, 0) is 28.1 Å². The number of halogens is 1. The maximum Gasteiger partial charge on any atom is 0.262 e. The molecule has 62 valence electrons. The van der Waals surface area contributed by atoms with Gasteiger partial charge in [-0.15, -0.1) is 11.3 Å². The molecule has 1 N–H and O–H groups in total. The summed E-state index contributed by atoms with van der Waals surface area (Å²) in [7, 11) is 0. The van der Waals surface area contributed by atoms with Gasteiger partial charge in [0.2, 0.25) is 0 Å². The second-order valence-electron chi connectivity index (χ2n) is 1.94. The Morgan fingerprint density at radius 2 is 2.50 bits per heavy atom. The predicted octanol–water partition coefficient (Wildman–Crippen LogP) is 1.76. The third-order valence-electron chi connectivity index (χ3n) is 1.12. The molecule has 0 aromatic carbocycles. The Hall–Kier alpha value is -0.860. The number of nitriles is 1. The summed E-state index contributed by atoms with van der Waals surface area (Å²) in [5, 5.41) is 10.6. The zero-order valence-electron chi connectivity index (χ0n) is 6.00. The summed E-state index contributed by atoms with van der Waals surface area (Å²) in [5.74, 6) is -0.202. The van der Waals surface area contributed by atoms with E-state index in [1.807, 2.05) is 6.07 Å². The zero-order chi connectivity index (χ0) is 8.97. The van der Waals surface area contributed by atoms with E-state index < -0.39 is 0 Å². The summed E-state index contributed by atoms with van der Waals surface area (Å²) >= 11 is 4.58. The second-order valence-corrected chi connectivity index (χ2v) is 4.41. The first-order valence-electron chi connectivity index (χ1n) is 3.14. The van der Waals surface area contributed by atoms with Crippen molar-refractivity contribution in [2.75, 3.05) is 6.54 Å². The molecule has 0 fully saturated rings. The van der Waals surface area contributed by atoms with E-state index in [9.17, 15) is 4.79 Å². The van der Waals surface area contributed by atoms with Crippen LogP contribution < -0.4 is 5.32 Å². The van der Waals surface area contributed by atoms with E-state index in [2.05, 4.69) is 21.2 Å². The lowest BCUT2D eigenvalue weighted by molar-refractivity contribution is 0.0962. The first-order chi connectivity index (χ1) is 5.74. The summed E-state index contributed by atoms with van der Waals surface area (Å²) in [6.07, 6.45) is 0. The van der Waals surface area contributed by atoms with Crippen molar-refractivity contribution in [3.8, 4) is 6.07 Å². The Morgan fingerprint density at radius 1 is 1.75 bits per heavy atom. The summed E-state index contributed by atoms with van der Waals surface area (Å²) < 4.78 is 0.907. The molecule has 12 heavy (non-hydrogen) atoms. The number of nitrogens with zero attached hydrogens (tertiary/aromatic N) is 1. The molecule has 1 heterocycles. The average Bonchev–Trinajstić information content (AvgIpc) is 2.47. The molecule has 3 nitrogen and oxygen atoms in total. The number of rotatable bonds is 2. The molecule has 1 amide bonds. The van der Waals surface area contributed by atoms with Crippen LogP contribution in [-0.2, 0) is 0 Å². The van der Waals surface area contributed by atoms with Gasteiger partial charge in [-0.1, -0.05) is 0 Å². The predicted molar refractivity (Wildman–Crippen MR) is 50.0 cm³/mol. The molecule has 0 saturated carbocycles. The lowest BCUT2D eigenvalue weighted by atomic mass is 10.4. The van der Waals surface area contributed by atoms with Gasteiger partial charge in [-0.2, -0.15) is 5.26 Å². The fraction of sp³-hybridized carbons (Fsp3) is 0.143. The molecule has 1 rings (SSSR count). The van der Waals surface area contributed by atoms with Crippen molar-refractivity contribution in [2.24, 2.45) is 0 Å². The highest BCUT2D eigenvalue weighted by Crippen LogP contribution is 2.21. The number of hydrogen-bond donors (Lipinski definition) is 1. The van der Waals surface area contributed by atoms with Gasteiger partial charge in [-0.3, -0.25) is 4.79 Å². The number of hydrogen-bond acceptors (Lipinski definition) is 3. The third-order valence-corrected chi connectivity index (χ3v) is 2.75. The van der Waals surface area contributed by atoms with E-state index in [0.717, 1.165) is 3.79 Å². The lowest BCUT2D eigenvalue weighted by Crippen LogP contribution is -2.22. The van der Waals surface area contributed by atoms with Gasteiger partial charge in [-0.25, -0.2) is 0 Å². The molecule has 1 aromatic rings. The highest BCUT2D eigenvalue weighted by Gasteiger charge is 2.06. The van der Waals surface area contributed by atoms with Crippen LogP contribution in [0.1, 0.15) is 9.67 Å². The summed E-state index contributed by atoms with van der Waals surface area (Å²) in [4.78, 5) is 11.8. The van der Waals surface area contributed by atoms with Gasteiger partial charge < -0.3 is 5.32 Å². The molecule has 0 unspecified atom stereocenters. The first-order valence-corrected chi connectivity index (χ1v) is 4.75. The third kappa shape index (κ3) is 2.32. The molecule has 1 aromatic heterocycles. The minimum atomic E-state index is -0.202. The van der Waals surface area contributed by atoms with Gasteiger partial charge in [0.1, 0.15) is 6.54 Å². The summed E-state index contributed by atoms with van der Waals surface area (Å²) in [6.45, 7) is 0.0500. The van der Waals surface area contributed by atoms with Crippen LogP contribution in [-0.4, -0.2) is 12.5 Å². The van der Waals surface area contributed by atoms with Crippen molar-refractivity contribution in [3.05, 3.63) is 20.8 Å². The van der Waals surface area contributed by atoms with E-state index >= 15 is 0 Å². The van der Waals surface area contributed by atoms with Crippen molar-refractivity contribution in [3.63, 3.8) is 0 Å². The van der Waals surface area contributed by atoms with Gasteiger partial charge >= 0.3 is 0 Å². The van der Waals surface area contributed by atoms with E-state index in [1.165, 1.54) is 11.3 Å². The second kappa shape index (κ2) is 4.24. The minimum absolute atomic E-state index is 0.0500. The normalized spacial score (nSPS) is 9.00. The minimum Gasteiger partial charge on any atom is -0.338 e. The van der Waals surface area contributed by atoms with Crippen LogP contribution in [0.2, 0.25) is 0 Å². The van der Waals surface area contributed by atoms with Gasteiger partial charge in [0.15, 0.2) is 0 Å². The molecule has 0 radical (unpaired) electrons. The molecule has 0 aliphatic rings. The zero-order valence-corrected chi connectivity index (χ0v) is 8.41. The van der Waals surface area contributed by atoms with Crippen molar-refractivity contribution in [2.45, 2.75) is 0 Å². The Bertz CT molecular complexity index is 328. The van der Waals surface area contributed by atoms with E-state index in [-0.39, 0.29) is 12.5 Å². The Kier molecular flexibility index (Phi) is 3.26. The van der Waals surface area contributed by atoms with Crippen LogP contribution in [0.3, 0.4) is 0 Å². The molecular formula is C7H5BrN2OS. The molecule has 0 bridgehead atoms. The molecule has 0 atom stereocenters. The molecule has 0 spiro atoms. The standard InChI is InChI=1S/C7H5BrN2OS/c8-6-2-1-5(12-6)7(11)10-4-3-9/h1-2H,4H2,(H,10,11). The van der Waals surface area contributed by atoms with Crippen molar-refractivity contribution in [1.82, 2.24) is 5.32 Å². The Balaban J connectivity index is 2.61. The van der Waals surface area contributed by atoms with Crippen molar-refractivity contribution < 1.29 is 4.79 Å². The molecule has 5 heteroatoms. The molecular weight excluding hydrogens is 240 g/mol. The van der Waals surface area contributed by atoms with E-state index in [1.54, 1.807) is 12.1 Å². The summed E-state index contributed by atoms with van der Waals surface area (Å²) in [6, 6.07) is 5.34. The number of carbonyl (C=O) groups excluding carboxylic acids is 1. The van der Waals surface area contributed by atoms with Gasteiger partial charge in [0.25, 0.3) is 5.91 Å². The van der Waals surface area contributed by atoms with Crippen LogP contribution >= 0.6 is 27.3 Å². The van der Waals surface area contributed by atoms with Crippen molar-refractivity contribution >= 4 is 33.2 Å². The Morgan fingerprint density at radius 3 is 3.00 bits per heavy atom. The summed E-state index contributed by atoms with van der Waals surface area (Å²) in [5.41, 5.74) is 0. The lowest BCUT2D eigenvalue weighted by Gasteiger charge is -1.94. The maximum absolute atomic E-state index is 11.1. The number of carbonyl (C=O) groups is 1. The smallest absolute Gasteiger partial charge is 0.262 e. The number of thiophene rings is 1. The van der Waals surface area contributed by atoms with E-state index in [4.69, 9.17) is 5.26 Å². The molecule has 0 saturated heterocycles. The highest BCUT2D eigenvalue weighted by atomic mass is 79.9. The first kappa shape index (κ1) is 9.23. The van der Waals surface area contributed by atoms with Gasteiger partial charge in [0, 0.05) is 0 Å². The van der Waals surface area contributed by atoms with Crippen LogP contribution in [0.4, 0.5) is 0 Å². The maximum atomic E-state index is 11.1. The van der Waals surface area contributed by atoms with Crippen LogP contribution in [0.5, 0.6) is 0 Å². The average molecular weight is 245 g/mol. The van der Waals surface area contributed by atoms with Crippen LogP contribution in [0.15, 0.2) is 15.9 Å². The monoisotopic (exact) mass is 244 g/mol. The number of nitrogens with one attached hydrogen (secondary N) is 1. The number of amides is 1. The van der Waals surface area contributed by atoms with Crippen LogP contribution in [0, 0.1) is 11.3 Å². The largest absolute Gasteiger partial charge is 0.338 e. The SMILES string of the molecule is N#CCNC(=O)c1ccc(Br)s1. The molecule has 0 aliphatic carbocycles. The van der Waals surface area contributed by atoms with Crippen LogP contribution in [0.25, 0.3) is 0 Å². The fourth-order valence-corrected chi connectivity index (χ4v) is 1.95. The fourth-order valence-electron chi connectivity index (χ4n) is 0.643. The quantitative estimate of drug-likeness (QED) is 0.807. The van der Waals surface area contributed by atoms with Gasteiger partial charge in [0.05, 0.1) is 14.7 Å². The van der Waals surface area contributed by atoms with E-state index in [0.29, 0.717) is 4.88 Å². The highest BCUT2D eigenvalue weighted by molar-refractivity contribution is 9.11. The Labute approximate surface area is 82.1 Å². The molecule has 0 aliphatic heterocycles. The van der Waals surface area contributed by atoms with Crippen molar-refractivity contribution in [1.29, 1.82) is 5.26 Å². The topological polar surface area (TPSA) is 52.9 Å².